The number of hydrogen-bond acceptors (Lipinski definition) is 4. The highest BCUT2D eigenvalue weighted by Gasteiger charge is 2.49. The third-order valence-electron chi connectivity index (χ3n) is 3.00. The van der Waals surface area contributed by atoms with Crippen LogP contribution < -0.4 is 4.90 Å². The third-order valence-corrected chi connectivity index (χ3v) is 3.49. The van der Waals surface area contributed by atoms with E-state index in [1.54, 1.807) is 0 Å². The molecule has 0 unspecified atom stereocenters. The van der Waals surface area contributed by atoms with Crippen LogP contribution in [0.2, 0.25) is 0 Å². The Hall–Kier alpha value is -1.77. The van der Waals surface area contributed by atoms with Gasteiger partial charge in [0.2, 0.25) is 0 Å². The first kappa shape index (κ1) is 14.6. The van der Waals surface area contributed by atoms with E-state index in [-0.39, 0.29) is 5.69 Å². The number of hydrogen-bond donors (Lipinski definition) is 1. The molecule has 6 nitrogen and oxygen atoms in total. The minimum atomic E-state index is -3.20. The fraction of sp³-hybridized carbons (Fsp3) is 0.364. The molecule has 1 saturated heterocycles. The lowest BCUT2D eigenvalue weighted by atomic mass is 10.2. The molecule has 2 rings (SSSR count). The molecule has 20 heavy (non-hydrogen) atoms. The van der Waals surface area contributed by atoms with E-state index in [1.807, 2.05) is 0 Å². The highest BCUT2D eigenvalue weighted by atomic mass is 79.9. The summed E-state index contributed by atoms with van der Waals surface area (Å²) in [5.41, 5.74) is -0.536. The average Bonchev–Trinajstić information content (AvgIpc) is 2.65. The van der Waals surface area contributed by atoms with Crippen molar-refractivity contribution in [3.05, 3.63) is 32.8 Å². The predicted octanol–water partition coefficient (Wildman–Crippen LogP) is 2.66. The zero-order chi connectivity index (χ0) is 15.1. The van der Waals surface area contributed by atoms with Gasteiger partial charge in [-0.1, -0.05) is 15.9 Å². The Morgan fingerprint density at radius 1 is 1.55 bits per heavy atom. The van der Waals surface area contributed by atoms with Gasteiger partial charge in [-0.3, -0.25) is 10.1 Å². The molecule has 0 radical (unpaired) electrons. The number of halogens is 3. The van der Waals surface area contributed by atoms with Crippen LogP contribution in [0.5, 0.6) is 0 Å². The molecule has 1 heterocycles. The molecule has 0 saturated carbocycles. The third kappa shape index (κ3) is 2.72. The van der Waals surface area contributed by atoms with E-state index in [1.165, 1.54) is 12.1 Å². The van der Waals surface area contributed by atoms with Crippen molar-refractivity contribution in [2.45, 2.75) is 18.4 Å². The van der Waals surface area contributed by atoms with Gasteiger partial charge in [-0.15, -0.1) is 0 Å². The predicted molar refractivity (Wildman–Crippen MR) is 69.1 cm³/mol. The number of aliphatic carboxylic acids is 1. The monoisotopic (exact) mass is 350 g/mol. The molecular formula is C11H9BrF2N2O4. The Labute approximate surface area is 120 Å². The van der Waals surface area contributed by atoms with Crippen molar-refractivity contribution in [3.63, 3.8) is 0 Å². The lowest BCUT2D eigenvalue weighted by Gasteiger charge is -2.22. The SMILES string of the molecule is O=C(O)[C@@H]1CC(F)(F)CN1c1cc(Br)ccc1[N+](=O)[O-]. The molecule has 0 aromatic heterocycles. The van der Waals surface area contributed by atoms with Crippen molar-refractivity contribution in [1.82, 2.24) is 0 Å². The molecular weight excluding hydrogens is 342 g/mol. The first-order valence-corrected chi connectivity index (χ1v) is 6.32. The number of carboxylic acid groups (broad SMARTS) is 1. The minimum absolute atomic E-state index is 0.131. The number of nitrogens with zero attached hydrogens (tertiary/aromatic N) is 2. The van der Waals surface area contributed by atoms with E-state index >= 15 is 0 Å². The Morgan fingerprint density at radius 3 is 2.75 bits per heavy atom. The van der Waals surface area contributed by atoms with Crippen molar-refractivity contribution >= 4 is 33.3 Å². The zero-order valence-corrected chi connectivity index (χ0v) is 11.5. The van der Waals surface area contributed by atoms with Gasteiger partial charge < -0.3 is 10.0 Å². The van der Waals surface area contributed by atoms with Crippen molar-refractivity contribution in [1.29, 1.82) is 0 Å². The Morgan fingerprint density at radius 2 is 2.20 bits per heavy atom. The second-order valence-electron chi connectivity index (χ2n) is 4.43. The number of nitro groups is 1. The summed E-state index contributed by atoms with van der Waals surface area (Å²) in [5.74, 6) is -4.63. The second-order valence-corrected chi connectivity index (χ2v) is 5.35. The van der Waals surface area contributed by atoms with E-state index < -0.39 is 41.5 Å². The first-order valence-electron chi connectivity index (χ1n) is 5.52. The largest absolute Gasteiger partial charge is 0.480 e. The molecule has 1 aliphatic heterocycles. The van der Waals surface area contributed by atoms with Crippen molar-refractivity contribution in [2.75, 3.05) is 11.4 Å². The number of nitro benzene ring substituents is 1. The molecule has 108 valence electrons. The number of alkyl halides is 2. The number of carboxylic acids is 1. The second kappa shape index (κ2) is 4.97. The molecule has 1 atom stereocenters. The smallest absolute Gasteiger partial charge is 0.326 e. The quantitative estimate of drug-likeness (QED) is 0.669. The summed E-state index contributed by atoms with van der Waals surface area (Å²) in [4.78, 5) is 22.2. The maximum atomic E-state index is 13.4. The van der Waals surface area contributed by atoms with Crippen LogP contribution in [0.4, 0.5) is 20.2 Å². The van der Waals surface area contributed by atoms with E-state index in [0.29, 0.717) is 4.47 Å². The van der Waals surface area contributed by atoms with Crippen LogP contribution in [0.3, 0.4) is 0 Å². The fourth-order valence-corrected chi connectivity index (χ4v) is 2.52. The van der Waals surface area contributed by atoms with Gasteiger partial charge in [-0.25, -0.2) is 13.6 Å². The van der Waals surface area contributed by atoms with Gasteiger partial charge in [0.05, 0.1) is 11.5 Å². The summed E-state index contributed by atoms with van der Waals surface area (Å²) in [5, 5.41) is 20.0. The number of anilines is 1. The molecule has 1 N–H and O–H groups in total. The lowest BCUT2D eigenvalue weighted by Crippen LogP contribution is -2.36. The van der Waals surface area contributed by atoms with Crippen LogP contribution in [0.15, 0.2) is 22.7 Å². The van der Waals surface area contributed by atoms with Crippen molar-refractivity contribution in [3.8, 4) is 0 Å². The minimum Gasteiger partial charge on any atom is -0.480 e. The summed E-state index contributed by atoms with van der Waals surface area (Å²) in [6.45, 7) is -0.860. The van der Waals surface area contributed by atoms with Crippen LogP contribution in [-0.4, -0.2) is 34.5 Å². The van der Waals surface area contributed by atoms with E-state index in [0.717, 1.165) is 11.0 Å². The summed E-state index contributed by atoms with van der Waals surface area (Å²) < 4.78 is 27.3. The van der Waals surface area contributed by atoms with Gasteiger partial charge in [0.15, 0.2) is 0 Å². The van der Waals surface area contributed by atoms with Crippen LogP contribution in [0.25, 0.3) is 0 Å². The zero-order valence-electron chi connectivity index (χ0n) is 9.92. The molecule has 0 aliphatic carbocycles. The maximum Gasteiger partial charge on any atom is 0.326 e. The Kier molecular flexibility index (Phi) is 3.63. The molecule has 0 bridgehead atoms. The number of rotatable bonds is 3. The van der Waals surface area contributed by atoms with Gasteiger partial charge in [0.1, 0.15) is 11.7 Å². The molecule has 0 spiro atoms. The Bertz CT molecular complexity index is 582. The number of carbonyl (C=O) groups is 1. The van der Waals surface area contributed by atoms with Gasteiger partial charge in [-0.2, -0.15) is 0 Å². The topological polar surface area (TPSA) is 83.7 Å². The van der Waals surface area contributed by atoms with Crippen LogP contribution >= 0.6 is 15.9 Å². The standard InChI is InChI=1S/C11H9BrF2N2O4/c12-6-1-2-7(16(19)20)8(3-6)15-5-11(13,14)4-9(15)10(17)18/h1-3,9H,4-5H2,(H,17,18)/t9-/m0/s1. The van der Waals surface area contributed by atoms with Gasteiger partial charge in [0, 0.05) is 17.0 Å². The van der Waals surface area contributed by atoms with Gasteiger partial charge in [0.25, 0.3) is 11.6 Å². The van der Waals surface area contributed by atoms with E-state index in [2.05, 4.69) is 15.9 Å². The molecule has 0 amide bonds. The first-order chi connectivity index (χ1) is 9.21. The van der Waals surface area contributed by atoms with Crippen LogP contribution in [0, 0.1) is 10.1 Å². The normalized spacial score (nSPS) is 20.9. The highest BCUT2D eigenvalue weighted by Crippen LogP contribution is 2.40. The van der Waals surface area contributed by atoms with Crippen molar-refractivity contribution < 1.29 is 23.6 Å². The van der Waals surface area contributed by atoms with Crippen LogP contribution in [-0.2, 0) is 4.79 Å². The van der Waals surface area contributed by atoms with Crippen LogP contribution in [0.1, 0.15) is 6.42 Å². The van der Waals surface area contributed by atoms with E-state index in [9.17, 15) is 23.7 Å². The summed E-state index contributed by atoms with van der Waals surface area (Å²) in [6, 6.07) is 2.33. The van der Waals surface area contributed by atoms with Gasteiger partial charge in [-0.05, 0) is 12.1 Å². The molecule has 1 aliphatic rings. The highest BCUT2D eigenvalue weighted by molar-refractivity contribution is 9.10. The van der Waals surface area contributed by atoms with Crippen molar-refractivity contribution in [2.24, 2.45) is 0 Å². The molecule has 9 heteroatoms. The molecule has 1 fully saturated rings. The van der Waals surface area contributed by atoms with E-state index in [4.69, 9.17) is 5.11 Å². The number of benzene rings is 1. The Balaban J connectivity index is 2.51. The molecule has 1 aromatic carbocycles. The summed E-state index contributed by atoms with van der Waals surface area (Å²) >= 11 is 3.09. The summed E-state index contributed by atoms with van der Waals surface area (Å²) in [6.07, 6.45) is -0.869. The average molecular weight is 351 g/mol. The lowest BCUT2D eigenvalue weighted by molar-refractivity contribution is -0.384. The maximum absolute atomic E-state index is 13.4. The fourth-order valence-electron chi connectivity index (χ4n) is 2.17. The summed E-state index contributed by atoms with van der Waals surface area (Å²) in [7, 11) is 0. The van der Waals surface area contributed by atoms with Gasteiger partial charge >= 0.3 is 5.97 Å². The molecule has 1 aromatic rings.